The first kappa shape index (κ1) is 60.6. The number of methoxy groups -OCH3 is 3. The molecule has 1 fully saturated rings. The molecule has 1 aliphatic heterocycles. The van der Waals surface area contributed by atoms with Gasteiger partial charge in [-0.1, -0.05) is 92.1 Å². The highest BCUT2D eigenvalue weighted by atomic mass is 16.5. The zero-order valence-corrected chi connectivity index (χ0v) is 44.2. The molecule has 2 rings (SSSR count). The largest absolute Gasteiger partial charge is 0.467 e. The van der Waals surface area contributed by atoms with Crippen LogP contribution in [0.1, 0.15) is 106 Å². The smallest absolute Gasteiger partial charge is 0.328 e. The number of rotatable bonds is 28. The van der Waals surface area contributed by atoms with Gasteiger partial charge in [-0.15, -0.1) is 6.42 Å². The summed E-state index contributed by atoms with van der Waals surface area (Å²) in [4.78, 5) is 114. The van der Waals surface area contributed by atoms with E-state index in [4.69, 9.17) is 20.6 Å². The molecule has 1 aliphatic rings. The zero-order chi connectivity index (χ0) is 53.0. The molecule has 3 N–H and O–H groups in total. The number of carbonyl (C=O) groups excluding carboxylic acids is 8. The molecule has 1 saturated heterocycles. The number of benzene rings is 1. The first-order chi connectivity index (χ1) is 33.0. The molecule has 392 valence electrons. The normalized spacial score (nSPS) is 17.4. The summed E-state index contributed by atoms with van der Waals surface area (Å²) in [6.45, 7) is 17.1. The molecule has 10 atom stereocenters. The average Bonchev–Trinajstić information content (AvgIpc) is 3.82. The number of hydrogen-bond donors (Lipinski definition) is 3. The third kappa shape index (κ3) is 16.8. The Hall–Kier alpha value is -5.54. The first-order valence-electron chi connectivity index (χ1n) is 24.7. The van der Waals surface area contributed by atoms with Gasteiger partial charge in [0.25, 0.3) is 5.91 Å². The molecule has 18 nitrogen and oxygen atoms in total. The molecule has 0 bridgehead atoms. The molecule has 1 aromatic carbocycles. The third-order valence-corrected chi connectivity index (χ3v) is 13.5. The highest BCUT2D eigenvalue weighted by molar-refractivity contribution is 5.95. The van der Waals surface area contributed by atoms with Crippen LogP contribution in [0, 0.1) is 36.0 Å². The van der Waals surface area contributed by atoms with Crippen molar-refractivity contribution in [3.8, 4) is 12.3 Å². The monoisotopic (exact) mass is 982 g/mol. The molecule has 1 aromatic rings. The summed E-state index contributed by atoms with van der Waals surface area (Å²) in [5, 5.41) is 8.45. The third-order valence-electron chi connectivity index (χ3n) is 13.5. The van der Waals surface area contributed by atoms with Crippen LogP contribution in [0.3, 0.4) is 0 Å². The number of hydrogen-bond acceptors (Lipinski definition) is 11. The molecule has 7 amide bonds. The predicted molar refractivity (Wildman–Crippen MR) is 266 cm³/mol. The summed E-state index contributed by atoms with van der Waals surface area (Å²) in [5.74, 6) is -3.36. The fourth-order valence-corrected chi connectivity index (χ4v) is 9.42. The van der Waals surface area contributed by atoms with Crippen molar-refractivity contribution >= 4 is 47.3 Å². The Morgan fingerprint density at radius 2 is 1.46 bits per heavy atom. The van der Waals surface area contributed by atoms with Crippen LogP contribution in [0.25, 0.3) is 0 Å². The highest BCUT2D eigenvalue weighted by Gasteiger charge is 2.44. The van der Waals surface area contributed by atoms with E-state index in [1.807, 2.05) is 65.0 Å². The SMILES string of the molecule is C#CC(=O)N(CCC)CCC(=O)N[C@@H](C)C(=O)N(C)[C@H](C(=O)N[C@H](C(=O)N(C)[C@@H]([C@@H](C)CC)[C@@H](CC(=O)N1CCC[C@H]1[C@H](OC)[C@@H](C)C(=O)N[C@@H](Cc1ccccc1)C(=O)OC)OC)C(C)C)C(C)C. The molecule has 0 spiro atoms. The van der Waals surface area contributed by atoms with Crippen molar-refractivity contribution in [2.24, 2.45) is 23.7 Å². The van der Waals surface area contributed by atoms with Crippen LogP contribution in [0.15, 0.2) is 30.3 Å². The van der Waals surface area contributed by atoms with E-state index in [1.165, 1.54) is 45.1 Å². The number of esters is 1. The maximum absolute atomic E-state index is 14.7. The number of terminal acetylenes is 1. The van der Waals surface area contributed by atoms with Gasteiger partial charge in [0.2, 0.25) is 35.4 Å². The Bertz CT molecular complexity index is 1940. The summed E-state index contributed by atoms with van der Waals surface area (Å²) in [7, 11) is 7.38. The van der Waals surface area contributed by atoms with E-state index in [1.54, 1.807) is 37.6 Å². The van der Waals surface area contributed by atoms with E-state index in [0.29, 0.717) is 38.8 Å². The van der Waals surface area contributed by atoms with E-state index in [-0.39, 0.29) is 37.6 Å². The Balaban J connectivity index is 2.28. The van der Waals surface area contributed by atoms with Gasteiger partial charge in [-0.3, -0.25) is 33.6 Å². The first-order valence-corrected chi connectivity index (χ1v) is 24.7. The van der Waals surface area contributed by atoms with Crippen LogP contribution in [0.5, 0.6) is 0 Å². The van der Waals surface area contributed by atoms with Gasteiger partial charge in [0.05, 0.1) is 43.7 Å². The van der Waals surface area contributed by atoms with Crippen molar-refractivity contribution in [2.45, 2.75) is 156 Å². The minimum Gasteiger partial charge on any atom is -0.467 e. The molecule has 0 aromatic heterocycles. The summed E-state index contributed by atoms with van der Waals surface area (Å²) < 4.78 is 17.0. The standard InChI is InChI=1S/C52H83N7O11/c1-16-27-58(42(61)18-3)29-26-41(60)53-36(10)50(65)56(11)45(33(6)7)49(64)55-44(32(4)5)51(66)57(12)46(34(8)17-2)40(68-13)31-43(62)59-28-22-25-39(59)47(69-14)35(9)48(63)54-38(52(67)70-15)30-37-23-20-19-21-24-37/h3,19-21,23-24,32-36,38-40,44-47H,16-17,22,25-31H2,1-2,4-15H3,(H,53,60)(H,54,63)(H,55,64)/t34-,35+,36-,38-,39-,40+,44-,45-,46-,47+/m0/s1. The fraction of sp³-hybridized carbons (Fsp3) is 0.692. The summed E-state index contributed by atoms with van der Waals surface area (Å²) in [6.07, 6.45) is 6.40. The van der Waals surface area contributed by atoms with Gasteiger partial charge in [-0.25, -0.2) is 4.79 Å². The minimum absolute atomic E-state index is 0.0753. The number of nitrogens with zero attached hydrogens (tertiary/aromatic N) is 4. The molecule has 0 saturated carbocycles. The second-order valence-corrected chi connectivity index (χ2v) is 19.2. The van der Waals surface area contributed by atoms with Crippen LogP contribution in [-0.2, 0) is 59.0 Å². The quantitative estimate of drug-likeness (QED) is 0.0820. The topological polar surface area (TPSA) is 213 Å². The molecule has 70 heavy (non-hydrogen) atoms. The van der Waals surface area contributed by atoms with E-state index in [9.17, 15) is 38.4 Å². The summed E-state index contributed by atoms with van der Waals surface area (Å²) in [6, 6.07) is 4.22. The van der Waals surface area contributed by atoms with E-state index in [2.05, 4.69) is 21.9 Å². The number of ether oxygens (including phenoxy) is 3. The lowest BCUT2D eigenvalue weighted by Crippen LogP contribution is -2.61. The lowest BCUT2D eigenvalue weighted by molar-refractivity contribution is -0.149. The van der Waals surface area contributed by atoms with Crippen molar-refractivity contribution in [3.63, 3.8) is 0 Å². The van der Waals surface area contributed by atoms with Crippen LogP contribution >= 0.6 is 0 Å². The van der Waals surface area contributed by atoms with Gasteiger partial charge in [0.1, 0.15) is 24.2 Å². The second kappa shape index (κ2) is 29.6. The average molecular weight is 982 g/mol. The fourth-order valence-electron chi connectivity index (χ4n) is 9.42. The highest BCUT2D eigenvalue weighted by Crippen LogP contribution is 2.30. The molecular weight excluding hydrogens is 899 g/mol. The summed E-state index contributed by atoms with van der Waals surface area (Å²) >= 11 is 0. The molecular formula is C52H83N7O11. The maximum atomic E-state index is 14.7. The maximum Gasteiger partial charge on any atom is 0.328 e. The predicted octanol–water partition coefficient (Wildman–Crippen LogP) is 3.20. The second-order valence-electron chi connectivity index (χ2n) is 19.2. The van der Waals surface area contributed by atoms with Crippen LogP contribution < -0.4 is 16.0 Å². The van der Waals surface area contributed by atoms with Crippen molar-refractivity contribution in [1.82, 2.24) is 35.6 Å². The molecule has 1 heterocycles. The number of likely N-dealkylation sites (N-methyl/N-ethyl adjacent to an activating group) is 2. The summed E-state index contributed by atoms with van der Waals surface area (Å²) in [5.41, 5.74) is 0.846. The Morgan fingerprint density at radius 3 is 1.99 bits per heavy atom. The van der Waals surface area contributed by atoms with E-state index in [0.717, 1.165) is 5.56 Å². The molecule has 0 aliphatic carbocycles. The molecule has 0 radical (unpaired) electrons. The number of likely N-dealkylation sites (tertiary alicyclic amines) is 1. The van der Waals surface area contributed by atoms with Gasteiger partial charge in [0, 0.05) is 60.8 Å². The van der Waals surface area contributed by atoms with Crippen LogP contribution in [-0.4, -0.2) is 170 Å². The number of nitrogens with one attached hydrogen (secondary N) is 3. The molecule has 0 unspecified atom stereocenters. The van der Waals surface area contributed by atoms with Crippen LogP contribution in [0.2, 0.25) is 0 Å². The zero-order valence-electron chi connectivity index (χ0n) is 44.2. The van der Waals surface area contributed by atoms with Gasteiger partial charge in [0.15, 0.2) is 0 Å². The van der Waals surface area contributed by atoms with E-state index >= 15 is 0 Å². The Labute approximate surface area is 417 Å². The number of amides is 7. The van der Waals surface area contributed by atoms with Gasteiger partial charge < -0.3 is 49.8 Å². The lowest BCUT2D eigenvalue weighted by Gasteiger charge is -2.41. The van der Waals surface area contributed by atoms with Gasteiger partial charge in [-0.2, -0.15) is 0 Å². The van der Waals surface area contributed by atoms with Gasteiger partial charge in [-0.05, 0) is 55.4 Å². The van der Waals surface area contributed by atoms with Crippen molar-refractivity contribution in [3.05, 3.63) is 35.9 Å². The van der Waals surface area contributed by atoms with Crippen molar-refractivity contribution in [1.29, 1.82) is 0 Å². The molecule has 18 heteroatoms. The van der Waals surface area contributed by atoms with Crippen molar-refractivity contribution in [2.75, 3.05) is 55.1 Å². The minimum atomic E-state index is -1.03. The Morgan fingerprint density at radius 1 is 0.814 bits per heavy atom. The van der Waals surface area contributed by atoms with Gasteiger partial charge >= 0.3 is 5.97 Å². The number of carbonyl (C=O) groups is 8. The Kier molecular flexibility index (Phi) is 25.6. The lowest BCUT2D eigenvalue weighted by atomic mass is 9.89. The van der Waals surface area contributed by atoms with Crippen molar-refractivity contribution < 1.29 is 52.6 Å². The van der Waals surface area contributed by atoms with E-state index < -0.39 is 108 Å². The van der Waals surface area contributed by atoms with Crippen LogP contribution in [0.4, 0.5) is 0 Å².